The number of benzene rings is 2. The molecule has 31 heavy (non-hydrogen) atoms. The molecule has 0 fully saturated rings. The van der Waals surface area contributed by atoms with Crippen LogP contribution in [0.4, 0.5) is 5.69 Å². The number of rotatable bonds is 7. The van der Waals surface area contributed by atoms with Crippen LogP contribution in [0.3, 0.4) is 0 Å². The number of amides is 1. The van der Waals surface area contributed by atoms with Gasteiger partial charge in [-0.15, -0.1) is 0 Å². The number of hydrogen-bond donors (Lipinski definition) is 0. The van der Waals surface area contributed by atoms with Gasteiger partial charge in [0.05, 0.1) is 39.1 Å². The van der Waals surface area contributed by atoms with E-state index in [0.717, 1.165) is 0 Å². The number of nitrogens with zero attached hydrogens (tertiary/aromatic N) is 1. The van der Waals surface area contributed by atoms with Crippen LogP contribution in [0.25, 0.3) is 6.08 Å². The summed E-state index contributed by atoms with van der Waals surface area (Å²) in [6, 6.07) is 12.6. The molecule has 0 N–H and O–H groups in total. The van der Waals surface area contributed by atoms with Crippen molar-refractivity contribution < 1.29 is 28.5 Å². The second kappa shape index (κ2) is 9.38. The largest absolute Gasteiger partial charge is 0.493 e. The molecular weight excluding hydrogens is 398 g/mol. The molecule has 0 aromatic heterocycles. The monoisotopic (exact) mass is 423 g/mol. The zero-order valence-electron chi connectivity index (χ0n) is 18.2. The zero-order chi connectivity index (χ0) is 22.5. The highest BCUT2D eigenvalue weighted by Gasteiger charge is 2.38. The molecule has 2 aromatic rings. The highest BCUT2D eigenvalue weighted by atomic mass is 16.5. The minimum Gasteiger partial charge on any atom is -0.493 e. The first-order chi connectivity index (χ1) is 15.0. The summed E-state index contributed by atoms with van der Waals surface area (Å²) in [5.41, 5.74) is 2.24. The Labute approximate surface area is 181 Å². The van der Waals surface area contributed by atoms with Crippen LogP contribution >= 0.6 is 0 Å². The van der Waals surface area contributed by atoms with Gasteiger partial charge in [-0.25, -0.2) is 4.79 Å². The first-order valence-electron chi connectivity index (χ1n) is 9.76. The Balaban J connectivity index is 2.17. The van der Waals surface area contributed by atoms with Crippen molar-refractivity contribution in [2.45, 2.75) is 13.8 Å². The summed E-state index contributed by atoms with van der Waals surface area (Å²) in [5, 5.41) is 0. The first-order valence-corrected chi connectivity index (χ1v) is 9.76. The molecule has 0 radical (unpaired) electrons. The SMILES string of the molecule is CCOC(=O)C1=C(C)N(c2ccccc2)C(=O)/C1=C\c1cc(OC)c(OC)c(OC)c1. The molecule has 0 atom stereocenters. The fourth-order valence-corrected chi connectivity index (χ4v) is 3.52. The summed E-state index contributed by atoms with van der Waals surface area (Å²) in [5.74, 6) is 0.453. The molecule has 0 aliphatic carbocycles. The second-order valence-electron chi connectivity index (χ2n) is 6.67. The van der Waals surface area contributed by atoms with Crippen LogP contribution in [0.5, 0.6) is 17.2 Å². The minimum atomic E-state index is -0.550. The van der Waals surface area contributed by atoms with Crippen LogP contribution in [0.15, 0.2) is 59.3 Å². The molecule has 0 bridgehead atoms. The van der Waals surface area contributed by atoms with E-state index in [9.17, 15) is 9.59 Å². The van der Waals surface area contributed by atoms with Gasteiger partial charge < -0.3 is 18.9 Å². The molecule has 3 rings (SSSR count). The molecule has 7 heteroatoms. The predicted molar refractivity (Wildman–Crippen MR) is 117 cm³/mol. The molecule has 162 valence electrons. The maximum atomic E-state index is 13.4. The number of carbonyl (C=O) groups is 2. The molecule has 7 nitrogen and oxygen atoms in total. The van der Waals surface area contributed by atoms with Crippen molar-refractivity contribution in [2.24, 2.45) is 0 Å². The Bertz CT molecular complexity index is 1030. The smallest absolute Gasteiger partial charge is 0.340 e. The zero-order valence-corrected chi connectivity index (χ0v) is 18.2. The van der Waals surface area contributed by atoms with Crippen molar-refractivity contribution >= 4 is 23.6 Å². The molecule has 1 heterocycles. The molecule has 1 aliphatic rings. The summed E-state index contributed by atoms with van der Waals surface area (Å²) in [6.45, 7) is 3.65. The lowest BCUT2D eigenvalue weighted by atomic mass is 10.0. The summed E-state index contributed by atoms with van der Waals surface area (Å²) in [7, 11) is 4.54. The second-order valence-corrected chi connectivity index (χ2v) is 6.67. The van der Waals surface area contributed by atoms with Crippen LogP contribution in [0.2, 0.25) is 0 Å². The van der Waals surface area contributed by atoms with E-state index in [2.05, 4.69) is 0 Å². The van der Waals surface area contributed by atoms with E-state index in [1.54, 1.807) is 32.1 Å². The fraction of sp³-hybridized carbons (Fsp3) is 0.250. The van der Waals surface area contributed by atoms with E-state index in [-0.39, 0.29) is 23.7 Å². The van der Waals surface area contributed by atoms with Crippen LogP contribution in [0, 0.1) is 0 Å². The number of anilines is 1. The summed E-state index contributed by atoms with van der Waals surface area (Å²) in [6.07, 6.45) is 1.63. The number of esters is 1. The lowest BCUT2D eigenvalue weighted by molar-refractivity contribution is -0.138. The maximum absolute atomic E-state index is 13.4. The number of methoxy groups -OCH3 is 3. The fourth-order valence-electron chi connectivity index (χ4n) is 3.52. The Morgan fingerprint density at radius 2 is 1.61 bits per heavy atom. The number of carbonyl (C=O) groups excluding carboxylic acids is 2. The van der Waals surface area contributed by atoms with Gasteiger partial charge in [0.25, 0.3) is 5.91 Å². The standard InChI is InChI=1S/C24H25NO6/c1-6-31-24(27)21-15(2)25(17-10-8-7-9-11-17)23(26)18(21)12-16-13-19(28-3)22(30-5)20(14-16)29-4/h7-14H,6H2,1-5H3/b18-12-. The van der Waals surface area contributed by atoms with Gasteiger partial charge in [-0.3, -0.25) is 9.69 Å². The minimum absolute atomic E-state index is 0.201. The number of allylic oxidation sites excluding steroid dienone is 1. The van der Waals surface area contributed by atoms with Crippen LogP contribution in [-0.2, 0) is 14.3 Å². The summed E-state index contributed by atoms with van der Waals surface area (Å²) >= 11 is 0. The van der Waals surface area contributed by atoms with E-state index in [1.807, 2.05) is 30.3 Å². The van der Waals surface area contributed by atoms with Crippen molar-refractivity contribution in [3.63, 3.8) is 0 Å². The van der Waals surface area contributed by atoms with Gasteiger partial charge in [-0.05, 0) is 49.8 Å². The topological polar surface area (TPSA) is 74.3 Å². The molecule has 1 amide bonds. The molecule has 0 unspecified atom stereocenters. The Hall–Kier alpha value is -3.74. The molecule has 0 spiro atoms. The van der Waals surface area contributed by atoms with Crippen LogP contribution < -0.4 is 19.1 Å². The quantitative estimate of drug-likeness (QED) is 0.495. The van der Waals surface area contributed by atoms with E-state index < -0.39 is 5.97 Å². The molecule has 0 saturated carbocycles. The van der Waals surface area contributed by atoms with Crippen LogP contribution in [-0.4, -0.2) is 39.8 Å². The van der Waals surface area contributed by atoms with Crippen molar-refractivity contribution in [3.8, 4) is 17.2 Å². The highest BCUT2D eigenvalue weighted by Crippen LogP contribution is 2.40. The Kier molecular flexibility index (Phi) is 6.65. The van der Waals surface area contributed by atoms with Crippen LogP contribution in [0.1, 0.15) is 19.4 Å². The maximum Gasteiger partial charge on any atom is 0.340 e. The Morgan fingerprint density at radius 1 is 1.00 bits per heavy atom. The number of hydrogen-bond acceptors (Lipinski definition) is 6. The van der Waals surface area contributed by atoms with E-state index in [4.69, 9.17) is 18.9 Å². The molecule has 2 aromatic carbocycles. The number of para-hydroxylation sites is 1. The van der Waals surface area contributed by atoms with E-state index in [0.29, 0.717) is 34.2 Å². The van der Waals surface area contributed by atoms with Gasteiger partial charge in [0, 0.05) is 11.4 Å². The van der Waals surface area contributed by atoms with Crippen molar-refractivity contribution in [3.05, 3.63) is 64.9 Å². The lowest BCUT2D eigenvalue weighted by Gasteiger charge is -2.17. The van der Waals surface area contributed by atoms with Gasteiger partial charge in [0.15, 0.2) is 11.5 Å². The normalized spacial score (nSPS) is 14.8. The van der Waals surface area contributed by atoms with Gasteiger partial charge in [0.1, 0.15) is 0 Å². The van der Waals surface area contributed by atoms with Gasteiger partial charge >= 0.3 is 5.97 Å². The first kappa shape index (κ1) is 22.0. The predicted octanol–water partition coefficient (Wildman–Crippen LogP) is 3.98. The third kappa shape index (κ3) is 4.12. The van der Waals surface area contributed by atoms with Crippen molar-refractivity contribution in [2.75, 3.05) is 32.8 Å². The average Bonchev–Trinajstić information content (AvgIpc) is 3.02. The Morgan fingerprint density at radius 3 is 2.13 bits per heavy atom. The lowest BCUT2D eigenvalue weighted by Crippen LogP contribution is -2.24. The van der Waals surface area contributed by atoms with E-state index >= 15 is 0 Å². The number of ether oxygens (including phenoxy) is 4. The molecule has 0 saturated heterocycles. The highest BCUT2D eigenvalue weighted by molar-refractivity contribution is 6.23. The molecule has 1 aliphatic heterocycles. The van der Waals surface area contributed by atoms with E-state index in [1.165, 1.54) is 26.2 Å². The van der Waals surface area contributed by atoms with Crippen molar-refractivity contribution in [1.29, 1.82) is 0 Å². The van der Waals surface area contributed by atoms with Gasteiger partial charge in [0.2, 0.25) is 5.75 Å². The van der Waals surface area contributed by atoms with Crippen molar-refractivity contribution in [1.82, 2.24) is 0 Å². The van der Waals surface area contributed by atoms with Gasteiger partial charge in [-0.2, -0.15) is 0 Å². The average molecular weight is 423 g/mol. The summed E-state index contributed by atoms with van der Waals surface area (Å²) in [4.78, 5) is 27.7. The summed E-state index contributed by atoms with van der Waals surface area (Å²) < 4.78 is 21.4. The third-order valence-electron chi connectivity index (χ3n) is 4.89. The van der Waals surface area contributed by atoms with Gasteiger partial charge in [-0.1, -0.05) is 18.2 Å². The third-order valence-corrected chi connectivity index (χ3v) is 4.89. The molecular formula is C24H25NO6.